The monoisotopic (exact) mass is 271 g/mol. The van der Waals surface area contributed by atoms with Gasteiger partial charge in [-0.05, 0) is 50.0 Å². The number of hydrogen-bond donors (Lipinski definition) is 1. The summed E-state index contributed by atoms with van der Waals surface area (Å²) in [6, 6.07) is 10.7. The minimum absolute atomic E-state index is 0.780. The minimum Gasteiger partial charge on any atom is -0.311 e. The van der Waals surface area contributed by atoms with Gasteiger partial charge in [-0.1, -0.05) is 56.0 Å². The Bertz CT molecular complexity index is 416. The third-order valence-electron chi connectivity index (χ3n) is 5.52. The summed E-state index contributed by atoms with van der Waals surface area (Å²) >= 11 is 0. The summed E-state index contributed by atoms with van der Waals surface area (Å²) < 4.78 is 0. The zero-order valence-corrected chi connectivity index (χ0v) is 13.1. The SMILES string of the molecule is CCC1CCCC(NC2CC(c3ccc(C)cc3)C2)C1. The Labute approximate surface area is 124 Å². The van der Waals surface area contributed by atoms with Gasteiger partial charge in [-0.3, -0.25) is 0 Å². The number of hydrogen-bond acceptors (Lipinski definition) is 1. The third-order valence-corrected chi connectivity index (χ3v) is 5.52. The second kappa shape index (κ2) is 6.30. The van der Waals surface area contributed by atoms with Gasteiger partial charge < -0.3 is 5.32 Å². The van der Waals surface area contributed by atoms with Crippen LogP contribution in [0, 0.1) is 12.8 Å². The van der Waals surface area contributed by atoms with Gasteiger partial charge in [0.15, 0.2) is 0 Å². The number of rotatable bonds is 4. The fourth-order valence-corrected chi connectivity index (χ4v) is 4.01. The Morgan fingerprint density at radius 3 is 2.45 bits per heavy atom. The molecule has 0 heterocycles. The Kier molecular flexibility index (Phi) is 4.45. The van der Waals surface area contributed by atoms with E-state index in [1.54, 1.807) is 5.56 Å². The molecule has 0 bridgehead atoms. The first kappa shape index (κ1) is 14.1. The van der Waals surface area contributed by atoms with E-state index in [2.05, 4.69) is 43.4 Å². The lowest BCUT2D eigenvalue weighted by Gasteiger charge is -2.41. The fraction of sp³-hybridized carbons (Fsp3) is 0.684. The molecule has 0 amide bonds. The summed E-state index contributed by atoms with van der Waals surface area (Å²) in [6.07, 6.45) is 9.78. The van der Waals surface area contributed by atoms with Crippen LogP contribution >= 0.6 is 0 Å². The minimum atomic E-state index is 0.780. The molecular weight excluding hydrogens is 242 g/mol. The first-order valence-electron chi connectivity index (χ1n) is 8.57. The van der Waals surface area contributed by atoms with E-state index < -0.39 is 0 Å². The molecule has 20 heavy (non-hydrogen) atoms. The highest BCUT2D eigenvalue weighted by atomic mass is 15.0. The molecule has 1 N–H and O–H groups in total. The van der Waals surface area contributed by atoms with Gasteiger partial charge in [-0.2, -0.15) is 0 Å². The van der Waals surface area contributed by atoms with E-state index >= 15 is 0 Å². The molecular formula is C19H29N. The van der Waals surface area contributed by atoms with Crippen LogP contribution in [0.15, 0.2) is 24.3 Å². The quantitative estimate of drug-likeness (QED) is 0.829. The largest absolute Gasteiger partial charge is 0.311 e. The molecule has 0 spiro atoms. The van der Waals surface area contributed by atoms with Crippen LogP contribution < -0.4 is 5.32 Å². The van der Waals surface area contributed by atoms with Crippen molar-refractivity contribution in [3.05, 3.63) is 35.4 Å². The van der Waals surface area contributed by atoms with Crippen LogP contribution in [0.3, 0.4) is 0 Å². The van der Waals surface area contributed by atoms with Gasteiger partial charge in [0.2, 0.25) is 0 Å². The van der Waals surface area contributed by atoms with Crippen molar-refractivity contribution >= 4 is 0 Å². The Morgan fingerprint density at radius 1 is 1.00 bits per heavy atom. The van der Waals surface area contributed by atoms with Crippen LogP contribution in [0.25, 0.3) is 0 Å². The predicted molar refractivity (Wildman–Crippen MR) is 86.1 cm³/mol. The smallest absolute Gasteiger partial charge is 0.00813 e. The van der Waals surface area contributed by atoms with E-state index in [4.69, 9.17) is 0 Å². The highest BCUT2D eigenvalue weighted by Crippen LogP contribution is 2.38. The van der Waals surface area contributed by atoms with Crippen LogP contribution in [-0.4, -0.2) is 12.1 Å². The van der Waals surface area contributed by atoms with E-state index in [0.29, 0.717) is 0 Å². The molecule has 0 saturated heterocycles. The second-order valence-electron chi connectivity index (χ2n) is 7.08. The van der Waals surface area contributed by atoms with Crippen molar-refractivity contribution in [3.63, 3.8) is 0 Å². The molecule has 2 saturated carbocycles. The van der Waals surface area contributed by atoms with E-state index in [1.165, 1.54) is 50.5 Å². The van der Waals surface area contributed by atoms with Crippen molar-refractivity contribution in [1.29, 1.82) is 0 Å². The Balaban J connectivity index is 1.45. The maximum atomic E-state index is 3.93. The van der Waals surface area contributed by atoms with Crippen LogP contribution in [-0.2, 0) is 0 Å². The molecule has 2 fully saturated rings. The number of aryl methyl sites for hydroxylation is 1. The first-order valence-corrected chi connectivity index (χ1v) is 8.57. The maximum absolute atomic E-state index is 3.93. The first-order chi connectivity index (χ1) is 9.74. The van der Waals surface area contributed by atoms with E-state index in [0.717, 1.165) is 23.9 Å². The topological polar surface area (TPSA) is 12.0 Å². The molecule has 2 unspecified atom stereocenters. The summed E-state index contributed by atoms with van der Waals surface area (Å²) in [6.45, 7) is 4.52. The van der Waals surface area contributed by atoms with Gasteiger partial charge in [0, 0.05) is 12.1 Å². The molecule has 0 aromatic heterocycles. The average molecular weight is 271 g/mol. The summed E-state index contributed by atoms with van der Waals surface area (Å²) in [5, 5.41) is 3.93. The summed E-state index contributed by atoms with van der Waals surface area (Å²) in [5.41, 5.74) is 2.92. The molecule has 110 valence electrons. The average Bonchev–Trinajstić information content (AvgIpc) is 2.44. The summed E-state index contributed by atoms with van der Waals surface area (Å²) in [7, 11) is 0. The van der Waals surface area contributed by atoms with Crippen molar-refractivity contribution in [2.45, 2.75) is 76.8 Å². The number of nitrogens with one attached hydrogen (secondary N) is 1. The van der Waals surface area contributed by atoms with Gasteiger partial charge in [-0.25, -0.2) is 0 Å². The van der Waals surface area contributed by atoms with Crippen molar-refractivity contribution in [2.75, 3.05) is 0 Å². The van der Waals surface area contributed by atoms with E-state index in [1.807, 2.05) is 0 Å². The molecule has 0 radical (unpaired) electrons. The van der Waals surface area contributed by atoms with E-state index in [-0.39, 0.29) is 0 Å². The zero-order chi connectivity index (χ0) is 13.9. The standard InChI is InChI=1S/C19H29N/c1-3-15-5-4-6-18(11-15)20-19-12-17(13-19)16-9-7-14(2)8-10-16/h7-10,15,17-20H,3-6,11-13H2,1-2H3. The van der Waals surface area contributed by atoms with Crippen molar-refractivity contribution in [3.8, 4) is 0 Å². The van der Waals surface area contributed by atoms with E-state index in [9.17, 15) is 0 Å². The van der Waals surface area contributed by atoms with Gasteiger partial charge in [0.25, 0.3) is 0 Å². The van der Waals surface area contributed by atoms with Crippen molar-refractivity contribution in [2.24, 2.45) is 5.92 Å². The normalized spacial score (nSPS) is 33.7. The van der Waals surface area contributed by atoms with Gasteiger partial charge in [0.05, 0.1) is 0 Å². The molecule has 0 aliphatic heterocycles. The number of benzene rings is 1. The maximum Gasteiger partial charge on any atom is 0.00813 e. The van der Waals surface area contributed by atoms with Crippen LogP contribution in [0.5, 0.6) is 0 Å². The van der Waals surface area contributed by atoms with Gasteiger partial charge in [-0.15, -0.1) is 0 Å². The summed E-state index contributed by atoms with van der Waals surface area (Å²) in [5.74, 6) is 1.79. The Hall–Kier alpha value is -0.820. The van der Waals surface area contributed by atoms with Gasteiger partial charge in [0.1, 0.15) is 0 Å². The zero-order valence-electron chi connectivity index (χ0n) is 13.1. The molecule has 1 aromatic rings. The second-order valence-corrected chi connectivity index (χ2v) is 7.08. The molecule has 2 aliphatic carbocycles. The lowest BCUT2D eigenvalue weighted by atomic mass is 9.74. The predicted octanol–water partition coefficient (Wildman–Crippen LogP) is 4.80. The van der Waals surface area contributed by atoms with Crippen molar-refractivity contribution in [1.82, 2.24) is 5.32 Å². The van der Waals surface area contributed by atoms with Crippen LogP contribution in [0.2, 0.25) is 0 Å². The van der Waals surface area contributed by atoms with Crippen LogP contribution in [0.4, 0.5) is 0 Å². The highest BCUT2D eigenvalue weighted by molar-refractivity contribution is 5.26. The molecule has 2 aliphatic rings. The fourth-order valence-electron chi connectivity index (χ4n) is 4.01. The lowest BCUT2D eigenvalue weighted by molar-refractivity contribution is 0.209. The molecule has 1 nitrogen and oxygen atoms in total. The third kappa shape index (κ3) is 3.25. The molecule has 1 aromatic carbocycles. The van der Waals surface area contributed by atoms with Gasteiger partial charge >= 0.3 is 0 Å². The lowest BCUT2D eigenvalue weighted by Crippen LogP contribution is -2.47. The molecule has 3 rings (SSSR count). The summed E-state index contributed by atoms with van der Waals surface area (Å²) in [4.78, 5) is 0. The highest BCUT2D eigenvalue weighted by Gasteiger charge is 2.32. The molecule has 1 heteroatoms. The van der Waals surface area contributed by atoms with Crippen LogP contribution in [0.1, 0.15) is 68.9 Å². The molecule has 2 atom stereocenters. The van der Waals surface area contributed by atoms with Crippen molar-refractivity contribution < 1.29 is 0 Å². The Morgan fingerprint density at radius 2 is 1.75 bits per heavy atom.